The summed E-state index contributed by atoms with van der Waals surface area (Å²) in [6.07, 6.45) is 0.463. The number of anilines is 2. The highest BCUT2D eigenvalue weighted by Crippen LogP contribution is 2.16. The van der Waals surface area contributed by atoms with Crippen molar-refractivity contribution in [1.82, 2.24) is 10.2 Å². The van der Waals surface area contributed by atoms with Crippen LogP contribution in [0, 0.1) is 5.92 Å². The molecule has 0 saturated carbocycles. The molecule has 1 aromatic heterocycles. The van der Waals surface area contributed by atoms with Crippen LogP contribution in [-0.2, 0) is 4.79 Å². The van der Waals surface area contributed by atoms with Crippen LogP contribution in [0.5, 0.6) is 11.5 Å². The van der Waals surface area contributed by atoms with Crippen molar-refractivity contribution >= 4 is 17.5 Å². The fourth-order valence-corrected chi connectivity index (χ4v) is 2.08. The number of aromatic nitrogens is 2. The SMILES string of the molecule is COc1ccc(OCCNc2ccc(NC(=O)CC(C)C)nn2)cc1. The van der Waals surface area contributed by atoms with Gasteiger partial charge in [0.15, 0.2) is 5.82 Å². The molecule has 0 radical (unpaired) electrons. The van der Waals surface area contributed by atoms with Gasteiger partial charge in [0.25, 0.3) is 0 Å². The van der Waals surface area contributed by atoms with Gasteiger partial charge >= 0.3 is 0 Å². The summed E-state index contributed by atoms with van der Waals surface area (Å²) in [4.78, 5) is 11.7. The van der Waals surface area contributed by atoms with Crippen LogP contribution in [0.15, 0.2) is 36.4 Å². The molecular weight excluding hydrogens is 320 g/mol. The van der Waals surface area contributed by atoms with E-state index < -0.39 is 0 Å². The molecule has 0 aliphatic heterocycles. The van der Waals surface area contributed by atoms with Gasteiger partial charge in [0, 0.05) is 6.42 Å². The van der Waals surface area contributed by atoms with E-state index in [0.717, 1.165) is 11.5 Å². The Morgan fingerprint density at radius 1 is 1.04 bits per heavy atom. The van der Waals surface area contributed by atoms with Crippen LogP contribution in [0.2, 0.25) is 0 Å². The van der Waals surface area contributed by atoms with Gasteiger partial charge in [-0.25, -0.2) is 0 Å². The predicted octanol–water partition coefficient (Wildman–Crippen LogP) is 2.96. The number of hydrogen-bond donors (Lipinski definition) is 2. The van der Waals surface area contributed by atoms with Crippen molar-refractivity contribution in [3.05, 3.63) is 36.4 Å². The zero-order chi connectivity index (χ0) is 18.1. The topological polar surface area (TPSA) is 85.4 Å². The first kappa shape index (κ1) is 18.5. The third-order valence-electron chi connectivity index (χ3n) is 3.26. The lowest BCUT2D eigenvalue weighted by Gasteiger charge is -2.09. The molecule has 2 N–H and O–H groups in total. The predicted molar refractivity (Wildman–Crippen MR) is 97.1 cm³/mol. The first-order chi connectivity index (χ1) is 12.1. The summed E-state index contributed by atoms with van der Waals surface area (Å²) in [6, 6.07) is 10.9. The molecule has 1 amide bonds. The molecule has 1 aromatic carbocycles. The fourth-order valence-electron chi connectivity index (χ4n) is 2.08. The summed E-state index contributed by atoms with van der Waals surface area (Å²) < 4.78 is 10.7. The molecular formula is C18H24N4O3. The molecule has 0 spiro atoms. The van der Waals surface area contributed by atoms with E-state index in [9.17, 15) is 4.79 Å². The monoisotopic (exact) mass is 344 g/mol. The number of amides is 1. The normalized spacial score (nSPS) is 10.4. The van der Waals surface area contributed by atoms with Crippen LogP contribution in [0.3, 0.4) is 0 Å². The molecule has 0 saturated heterocycles. The van der Waals surface area contributed by atoms with Crippen molar-refractivity contribution in [1.29, 1.82) is 0 Å². The molecule has 2 aromatic rings. The van der Waals surface area contributed by atoms with Crippen molar-refractivity contribution in [3.8, 4) is 11.5 Å². The van der Waals surface area contributed by atoms with Crippen LogP contribution in [-0.4, -0.2) is 36.4 Å². The van der Waals surface area contributed by atoms with E-state index in [4.69, 9.17) is 9.47 Å². The number of methoxy groups -OCH3 is 1. The van der Waals surface area contributed by atoms with Crippen LogP contribution >= 0.6 is 0 Å². The van der Waals surface area contributed by atoms with Crippen molar-refractivity contribution in [3.63, 3.8) is 0 Å². The Bertz CT molecular complexity index is 657. The Hall–Kier alpha value is -2.83. The third kappa shape index (κ3) is 6.66. The maximum absolute atomic E-state index is 11.7. The fraction of sp³-hybridized carbons (Fsp3) is 0.389. The molecule has 2 rings (SSSR count). The van der Waals surface area contributed by atoms with Crippen molar-refractivity contribution in [2.45, 2.75) is 20.3 Å². The van der Waals surface area contributed by atoms with Gasteiger partial charge in [0.2, 0.25) is 5.91 Å². The highest BCUT2D eigenvalue weighted by molar-refractivity contribution is 5.89. The zero-order valence-corrected chi connectivity index (χ0v) is 14.8. The van der Waals surface area contributed by atoms with E-state index in [-0.39, 0.29) is 5.91 Å². The maximum Gasteiger partial charge on any atom is 0.225 e. The highest BCUT2D eigenvalue weighted by atomic mass is 16.5. The summed E-state index contributed by atoms with van der Waals surface area (Å²) in [7, 11) is 1.63. The lowest BCUT2D eigenvalue weighted by atomic mass is 10.1. The third-order valence-corrected chi connectivity index (χ3v) is 3.26. The second kappa shape index (κ2) is 9.46. The lowest BCUT2D eigenvalue weighted by molar-refractivity contribution is -0.116. The Morgan fingerprint density at radius 3 is 2.28 bits per heavy atom. The summed E-state index contributed by atoms with van der Waals surface area (Å²) >= 11 is 0. The van der Waals surface area contributed by atoms with Gasteiger partial charge in [-0.2, -0.15) is 0 Å². The highest BCUT2D eigenvalue weighted by Gasteiger charge is 2.06. The molecule has 0 fully saturated rings. The van der Waals surface area contributed by atoms with E-state index in [1.165, 1.54) is 0 Å². The average molecular weight is 344 g/mol. The van der Waals surface area contributed by atoms with Gasteiger partial charge in [0.05, 0.1) is 13.7 Å². The zero-order valence-electron chi connectivity index (χ0n) is 14.8. The van der Waals surface area contributed by atoms with E-state index in [1.807, 2.05) is 38.1 Å². The van der Waals surface area contributed by atoms with Gasteiger partial charge < -0.3 is 20.1 Å². The number of benzene rings is 1. The molecule has 0 unspecified atom stereocenters. The second-order valence-electron chi connectivity index (χ2n) is 5.90. The van der Waals surface area contributed by atoms with Crippen LogP contribution in [0.25, 0.3) is 0 Å². The number of hydrogen-bond acceptors (Lipinski definition) is 6. The van der Waals surface area contributed by atoms with Crippen LogP contribution < -0.4 is 20.1 Å². The summed E-state index contributed by atoms with van der Waals surface area (Å²) in [5.41, 5.74) is 0. The van der Waals surface area contributed by atoms with Crippen molar-refractivity contribution < 1.29 is 14.3 Å². The smallest absolute Gasteiger partial charge is 0.225 e. The Kier molecular flexibility index (Phi) is 7.00. The number of carbonyl (C=O) groups is 1. The molecule has 0 aliphatic rings. The van der Waals surface area contributed by atoms with Crippen molar-refractivity contribution in [2.75, 3.05) is 30.9 Å². The molecule has 7 heteroatoms. The minimum atomic E-state index is -0.0575. The molecule has 1 heterocycles. The minimum absolute atomic E-state index is 0.0575. The standard InChI is InChI=1S/C18H24N4O3/c1-13(2)12-18(23)20-17-9-8-16(21-22-17)19-10-11-25-15-6-4-14(24-3)5-7-15/h4-9,13H,10-12H2,1-3H3,(H,19,21)(H,20,22,23). The van der Waals surface area contributed by atoms with Gasteiger partial charge in [0.1, 0.15) is 23.9 Å². The average Bonchev–Trinajstić information content (AvgIpc) is 2.60. The van der Waals surface area contributed by atoms with E-state index in [0.29, 0.717) is 37.1 Å². The number of ether oxygens (including phenoxy) is 2. The van der Waals surface area contributed by atoms with E-state index in [2.05, 4.69) is 20.8 Å². The summed E-state index contributed by atoms with van der Waals surface area (Å²) in [5, 5.41) is 13.9. The summed E-state index contributed by atoms with van der Waals surface area (Å²) in [6.45, 7) is 5.05. The van der Waals surface area contributed by atoms with E-state index in [1.54, 1.807) is 19.2 Å². The maximum atomic E-state index is 11.7. The minimum Gasteiger partial charge on any atom is -0.497 e. The first-order valence-electron chi connectivity index (χ1n) is 8.21. The van der Waals surface area contributed by atoms with Crippen LogP contribution in [0.1, 0.15) is 20.3 Å². The van der Waals surface area contributed by atoms with Gasteiger partial charge in [-0.3, -0.25) is 4.79 Å². The number of nitrogens with one attached hydrogen (secondary N) is 2. The van der Waals surface area contributed by atoms with Crippen molar-refractivity contribution in [2.24, 2.45) is 5.92 Å². The number of nitrogens with zero attached hydrogens (tertiary/aromatic N) is 2. The second-order valence-corrected chi connectivity index (χ2v) is 5.90. The molecule has 0 bridgehead atoms. The van der Waals surface area contributed by atoms with E-state index >= 15 is 0 Å². The number of carbonyl (C=O) groups excluding carboxylic acids is 1. The molecule has 134 valence electrons. The Labute approximate surface area is 147 Å². The molecule has 7 nitrogen and oxygen atoms in total. The molecule has 0 aliphatic carbocycles. The first-order valence-corrected chi connectivity index (χ1v) is 8.21. The van der Waals surface area contributed by atoms with Gasteiger partial charge in [-0.15, -0.1) is 10.2 Å². The summed E-state index contributed by atoms with van der Waals surface area (Å²) in [5.74, 6) is 2.89. The largest absolute Gasteiger partial charge is 0.497 e. The quantitative estimate of drug-likeness (QED) is 0.680. The van der Waals surface area contributed by atoms with Gasteiger partial charge in [-0.1, -0.05) is 13.8 Å². The Balaban J connectivity index is 1.71. The van der Waals surface area contributed by atoms with Gasteiger partial charge in [-0.05, 0) is 42.3 Å². The Morgan fingerprint density at radius 2 is 1.68 bits per heavy atom. The molecule has 25 heavy (non-hydrogen) atoms. The number of rotatable bonds is 9. The van der Waals surface area contributed by atoms with Crippen LogP contribution in [0.4, 0.5) is 11.6 Å². The molecule has 0 atom stereocenters. The lowest BCUT2D eigenvalue weighted by Crippen LogP contribution is -2.16.